The molecule has 0 unspecified atom stereocenters. The number of amides is 1. The number of aliphatic imine (C=N–C) groups is 1. The zero-order valence-electron chi connectivity index (χ0n) is 22.3. The Labute approximate surface area is 248 Å². The number of carbonyl (C=O) groups is 1. The van der Waals surface area contributed by atoms with Crippen LogP contribution >= 0.6 is 15.9 Å². The zero-order valence-corrected chi connectivity index (χ0v) is 24.7. The van der Waals surface area contributed by atoms with Gasteiger partial charge in [0.25, 0.3) is 5.91 Å². The van der Waals surface area contributed by atoms with Crippen LogP contribution in [0.1, 0.15) is 30.1 Å². The molecule has 3 aromatic rings. The lowest BCUT2D eigenvalue weighted by Gasteiger charge is -2.30. The summed E-state index contributed by atoms with van der Waals surface area (Å²) in [5.74, 6) is -0.0569. The maximum atomic E-state index is 13.9. The van der Waals surface area contributed by atoms with Crippen LogP contribution in [0.25, 0.3) is 0 Å². The molecule has 0 aliphatic carbocycles. The lowest BCUT2D eigenvalue weighted by Crippen LogP contribution is -2.53. The fourth-order valence-electron chi connectivity index (χ4n) is 4.36. The first kappa shape index (κ1) is 30.4. The number of halogens is 1. The number of benzene rings is 3. The number of nitrogens with zero attached hydrogens (tertiary/aromatic N) is 1. The number of ether oxygens (including phenoxy) is 2. The number of carbonyl (C=O) groups excluding carboxylic acids is 1. The summed E-state index contributed by atoms with van der Waals surface area (Å²) in [5.41, 5.74) is 5.11. The molecular weight excluding hydrogens is 610 g/mol. The summed E-state index contributed by atoms with van der Waals surface area (Å²) in [6.07, 6.45) is 1.04. The van der Waals surface area contributed by atoms with Gasteiger partial charge in [0.2, 0.25) is 5.90 Å². The highest BCUT2D eigenvalue weighted by Crippen LogP contribution is 2.43. The van der Waals surface area contributed by atoms with Crippen molar-refractivity contribution in [3.05, 3.63) is 107 Å². The fraction of sp³-hybridized carbons (Fsp3) is 0.267. The van der Waals surface area contributed by atoms with Gasteiger partial charge in [-0.1, -0.05) is 52.3 Å². The summed E-state index contributed by atoms with van der Waals surface area (Å²) in [5, 5.41) is 8.99. The van der Waals surface area contributed by atoms with E-state index in [-0.39, 0.29) is 29.6 Å². The standard InChI is InChI=1S/C30H32BrN3O6S/c1-2-18-32-34-29(36)30(17-21-41(37,38)26-7-4-3-5-8-26)27(22-9-13-24(31)14-10-22)40-28(33-30)23-11-15-25(16-12-23)39-20-6-19-35/h2-5,7-16,27,32,35H,1,6,17-21H2,(H,34,36)/t27-,30-/m0/s1. The molecule has 1 heterocycles. The molecule has 216 valence electrons. The summed E-state index contributed by atoms with van der Waals surface area (Å²) < 4.78 is 39.5. The van der Waals surface area contributed by atoms with E-state index in [9.17, 15) is 13.2 Å². The Bertz CT molecular complexity index is 1460. The molecule has 9 nitrogen and oxygen atoms in total. The van der Waals surface area contributed by atoms with Crippen LogP contribution in [-0.4, -0.2) is 56.4 Å². The third kappa shape index (κ3) is 7.42. The smallest absolute Gasteiger partial charge is 0.266 e. The molecule has 11 heteroatoms. The molecule has 2 atom stereocenters. The van der Waals surface area contributed by atoms with Crippen molar-refractivity contribution in [2.75, 3.05) is 25.5 Å². The summed E-state index contributed by atoms with van der Waals surface area (Å²) in [4.78, 5) is 18.9. The van der Waals surface area contributed by atoms with Gasteiger partial charge in [-0.15, -0.1) is 6.58 Å². The predicted molar refractivity (Wildman–Crippen MR) is 160 cm³/mol. The van der Waals surface area contributed by atoms with Gasteiger partial charge in [0, 0.05) is 36.0 Å². The number of nitrogens with one attached hydrogen (secondary N) is 2. The summed E-state index contributed by atoms with van der Waals surface area (Å²) >= 11 is 3.44. The Kier molecular flexibility index (Phi) is 10.3. The first-order valence-corrected chi connectivity index (χ1v) is 15.5. The molecule has 0 spiro atoms. The average molecular weight is 643 g/mol. The Balaban J connectivity index is 1.74. The van der Waals surface area contributed by atoms with Gasteiger partial charge in [0.1, 0.15) is 5.75 Å². The second-order valence-electron chi connectivity index (χ2n) is 9.35. The van der Waals surface area contributed by atoms with Gasteiger partial charge in [-0.05, 0) is 54.1 Å². The Morgan fingerprint density at radius 2 is 1.80 bits per heavy atom. The van der Waals surface area contributed by atoms with Gasteiger partial charge in [-0.25, -0.2) is 18.8 Å². The van der Waals surface area contributed by atoms with Crippen LogP contribution in [0.4, 0.5) is 0 Å². The third-order valence-corrected chi connectivity index (χ3v) is 8.77. The van der Waals surface area contributed by atoms with Crippen molar-refractivity contribution in [1.82, 2.24) is 10.9 Å². The van der Waals surface area contributed by atoms with Crippen LogP contribution in [0, 0.1) is 0 Å². The molecule has 1 amide bonds. The van der Waals surface area contributed by atoms with Crippen LogP contribution in [0.3, 0.4) is 0 Å². The van der Waals surface area contributed by atoms with Crippen molar-refractivity contribution in [2.45, 2.75) is 29.4 Å². The molecule has 1 aliphatic heterocycles. The Morgan fingerprint density at radius 3 is 2.46 bits per heavy atom. The van der Waals surface area contributed by atoms with Gasteiger partial charge in [-0.3, -0.25) is 10.2 Å². The van der Waals surface area contributed by atoms with Crippen LogP contribution in [0.5, 0.6) is 5.75 Å². The first-order chi connectivity index (χ1) is 19.8. The fourth-order valence-corrected chi connectivity index (χ4v) is 6.01. The topological polar surface area (TPSA) is 126 Å². The van der Waals surface area contributed by atoms with E-state index in [1.807, 2.05) is 24.3 Å². The molecule has 4 rings (SSSR count). The molecule has 1 aliphatic rings. The highest BCUT2D eigenvalue weighted by molar-refractivity contribution is 9.10. The van der Waals surface area contributed by atoms with Crippen LogP contribution in [0.15, 0.2) is 106 Å². The largest absolute Gasteiger partial charge is 0.494 e. The van der Waals surface area contributed by atoms with E-state index >= 15 is 0 Å². The second kappa shape index (κ2) is 13.9. The van der Waals surface area contributed by atoms with Crippen molar-refractivity contribution in [2.24, 2.45) is 4.99 Å². The second-order valence-corrected chi connectivity index (χ2v) is 12.4. The van der Waals surface area contributed by atoms with Crippen molar-refractivity contribution in [3.63, 3.8) is 0 Å². The summed E-state index contributed by atoms with van der Waals surface area (Å²) in [7, 11) is -3.74. The van der Waals surface area contributed by atoms with Gasteiger partial charge in [-0.2, -0.15) is 0 Å². The maximum absolute atomic E-state index is 13.9. The Morgan fingerprint density at radius 1 is 1.10 bits per heavy atom. The Hall–Kier alpha value is -3.51. The molecule has 0 bridgehead atoms. The molecular formula is C30H32BrN3O6S. The monoisotopic (exact) mass is 641 g/mol. The predicted octanol–water partition coefficient (Wildman–Crippen LogP) is 4.14. The van der Waals surface area contributed by atoms with Crippen LogP contribution < -0.4 is 15.6 Å². The quantitative estimate of drug-likeness (QED) is 0.137. The van der Waals surface area contributed by atoms with E-state index in [2.05, 4.69) is 33.4 Å². The summed E-state index contributed by atoms with van der Waals surface area (Å²) in [6, 6.07) is 22.4. The molecule has 3 aromatic carbocycles. The SMILES string of the molecule is C=CCNNC(=O)[C@@]1(CCS(=O)(=O)c2ccccc2)N=C(c2ccc(OCCCO)cc2)O[C@H]1c1ccc(Br)cc1. The first-order valence-electron chi connectivity index (χ1n) is 13.1. The normalized spacial score (nSPS) is 18.3. The van der Waals surface area contributed by atoms with E-state index in [0.29, 0.717) is 36.4 Å². The summed E-state index contributed by atoms with van der Waals surface area (Å²) in [6.45, 7) is 4.35. The van der Waals surface area contributed by atoms with Gasteiger partial charge >= 0.3 is 0 Å². The molecule has 0 saturated heterocycles. The van der Waals surface area contributed by atoms with Gasteiger partial charge < -0.3 is 14.6 Å². The lowest BCUT2D eigenvalue weighted by molar-refractivity contribution is -0.130. The molecule has 0 radical (unpaired) electrons. The minimum Gasteiger partial charge on any atom is -0.494 e. The van der Waals surface area contributed by atoms with E-state index in [0.717, 1.165) is 4.47 Å². The van der Waals surface area contributed by atoms with Crippen LogP contribution in [0.2, 0.25) is 0 Å². The minimum atomic E-state index is -3.74. The number of sulfone groups is 1. The van der Waals surface area contributed by atoms with E-state index < -0.39 is 27.4 Å². The number of rotatable bonds is 14. The number of aliphatic hydroxyl groups is 1. The number of hydrazine groups is 1. The number of aliphatic hydroxyl groups excluding tert-OH is 1. The van der Waals surface area contributed by atoms with Crippen molar-refractivity contribution in [3.8, 4) is 5.75 Å². The molecule has 41 heavy (non-hydrogen) atoms. The molecule has 0 aromatic heterocycles. The molecule has 0 saturated carbocycles. The number of hydrogen-bond acceptors (Lipinski definition) is 8. The third-order valence-electron chi connectivity index (χ3n) is 6.51. The van der Waals surface area contributed by atoms with Crippen molar-refractivity contribution < 1.29 is 27.8 Å². The lowest BCUT2D eigenvalue weighted by atomic mass is 9.85. The van der Waals surface area contributed by atoms with Crippen molar-refractivity contribution >= 4 is 37.6 Å². The van der Waals surface area contributed by atoms with Crippen molar-refractivity contribution in [1.29, 1.82) is 0 Å². The molecule has 3 N–H and O–H groups in total. The van der Waals surface area contributed by atoms with Gasteiger partial charge in [0.05, 0.1) is 17.3 Å². The number of hydrogen-bond donors (Lipinski definition) is 3. The van der Waals surface area contributed by atoms with E-state index in [4.69, 9.17) is 19.6 Å². The highest BCUT2D eigenvalue weighted by atomic mass is 79.9. The maximum Gasteiger partial charge on any atom is 0.266 e. The van der Waals surface area contributed by atoms with E-state index in [1.54, 1.807) is 48.5 Å². The average Bonchev–Trinajstić information content (AvgIpc) is 3.38. The van der Waals surface area contributed by atoms with E-state index in [1.165, 1.54) is 12.1 Å². The zero-order chi connectivity index (χ0) is 29.3. The van der Waals surface area contributed by atoms with Gasteiger partial charge in [0.15, 0.2) is 21.5 Å². The minimum absolute atomic E-state index is 0.0337. The highest BCUT2D eigenvalue weighted by Gasteiger charge is 2.53. The molecule has 0 fully saturated rings. The van der Waals surface area contributed by atoms with Crippen LogP contribution in [-0.2, 0) is 19.4 Å².